The first-order valence-corrected chi connectivity index (χ1v) is 6.77. The Hall–Kier alpha value is -0.870. The highest BCUT2D eigenvalue weighted by atomic mass is 79.9. The number of halogens is 2. The van der Waals surface area contributed by atoms with Crippen LogP contribution in [0.4, 0.5) is 0 Å². The molecule has 0 bridgehead atoms. The summed E-state index contributed by atoms with van der Waals surface area (Å²) in [4.78, 5) is 4.09. The van der Waals surface area contributed by atoms with Gasteiger partial charge in [-0.15, -0.1) is 0 Å². The molecule has 0 spiro atoms. The van der Waals surface area contributed by atoms with Crippen molar-refractivity contribution in [3.05, 3.63) is 34.2 Å². The third-order valence-corrected chi connectivity index (χ3v) is 3.89. The first kappa shape index (κ1) is 11.2. The summed E-state index contributed by atoms with van der Waals surface area (Å²) < 4.78 is 2.91. The maximum absolute atomic E-state index is 5.96. The van der Waals surface area contributed by atoms with E-state index in [1.807, 2.05) is 6.07 Å². The van der Waals surface area contributed by atoms with E-state index >= 15 is 0 Å². The van der Waals surface area contributed by atoms with E-state index in [9.17, 15) is 0 Å². The minimum atomic E-state index is 0.423. The molecule has 0 amide bonds. The first-order chi connectivity index (χ1) is 8.25. The van der Waals surface area contributed by atoms with E-state index < -0.39 is 0 Å². The average molecular weight is 313 g/mol. The number of nitrogens with zero attached hydrogens (tertiary/aromatic N) is 3. The quantitative estimate of drug-likeness (QED) is 0.585. The third-order valence-electron chi connectivity index (χ3n) is 3.10. The van der Waals surface area contributed by atoms with Gasteiger partial charge in [0.25, 0.3) is 0 Å². The molecule has 0 radical (unpaired) electrons. The van der Waals surface area contributed by atoms with Crippen LogP contribution in [0.2, 0.25) is 5.15 Å². The van der Waals surface area contributed by atoms with E-state index in [0.717, 1.165) is 34.8 Å². The number of allylic oxidation sites excluding steroid dienone is 2. The molecule has 0 aliphatic heterocycles. The van der Waals surface area contributed by atoms with Crippen molar-refractivity contribution in [1.29, 1.82) is 0 Å². The lowest BCUT2D eigenvalue weighted by molar-refractivity contribution is 0.431. The largest absolute Gasteiger partial charge is 0.260 e. The van der Waals surface area contributed by atoms with Crippen LogP contribution < -0.4 is 0 Å². The SMILES string of the molecule is Clc1cc2c(cn1)c(Br)nn2C1CC=CCC1. The van der Waals surface area contributed by atoms with Crippen molar-refractivity contribution in [2.24, 2.45) is 0 Å². The van der Waals surface area contributed by atoms with Gasteiger partial charge in [-0.2, -0.15) is 5.10 Å². The zero-order valence-corrected chi connectivity index (χ0v) is 11.4. The maximum Gasteiger partial charge on any atom is 0.137 e. The second kappa shape index (κ2) is 4.42. The molecule has 0 saturated carbocycles. The Morgan fingerprint density at radius 2 is 2.29 bits per heavy atom. The van der Waals surface area contributed by atoms with Crippen LogP contribution in [-0.2, 0) is 0 Å². The molecule has 1 unspecified atom stereocenters. The van der Waals surface area contributed by atoms with Crippen LogP contribution in [0, 0.1) is 0 Å². The van der Waals surface area contributed by atoms with Gasteiger partial charge < -0.3 is 0 Å². The van der Waals surface area contributed by atoms with E-state index in [2.05, 4.69) is 42.8 Å². The monoisotopic (exact) mass is 311 g/mol. The Kier molecular flexibility index (Phi) is 2.92. The Balaban J connectivity index is 2.15. The summed E-state index contributed by atoms with van der Waals surface area (Å²) in [7, 11) is 0. The van der Waals surface area contributed by atoms with Gasteiger partial charge in [0.2, 0.25) is 0 Å². The lowest BCUT2D eigenvalue weighted by Gasteiger charge is -2.19. The molecule has 2 aromatic rings. The number of fused-ring (bicyclic) bond motifs is 1. The Morgan fingerprint density at radius 3 is 3.06 bits per heavy atom. The van der Waals surface area contributed by atoms with Gasteiger partial charge in [-0.05, 0) is 35.2 Å². The fourth-order valence-corrected chi connectivity index (χ4v) is 2.88. The van der Waals surface area contributed by atoms with Crippen LogP contribution in [0.5, 0.6) is 0 Å². The van der Waals surface area contributed by atoms with Crippen molar-refractivity contribution in [3.8, 4) is 0 Å². The van der Waals surface area contributed by atoms with Gasteiger partial charge >= 0.3 is 0 Å². The molecule has 1 aliphatic carbocycles. The van der Waals surface area contributed by atoms with E-state index in [1.54, 1.807) is 6.20 Å². The van der Waals surface area contributed by atoms with Crippen molar-refractivity contribution in [1.82, 2.24) is 14.8 Å². The number of hydrogen-bond acceptors (Lipinski definition) is 2. The lowest BCUT2D eigenvalue weighted by atomic mass is 10.0. The van der Waals surface area contributed by atoms with Crippen molar-refractivity contribution in [3.63, 3.8) is 0 Å². The zero-order valence-electron chi connectivity index (χ0n) is 9.11. The summed E-state index contributed by atoms with van der Waals surface area (Å²) in [6.45, 7) is 0. The summed E-state index contributed by atoms with van der Waals surface area (Å²) in [6, 6.07) is 2.31. The lowest BCUT2D eigenvalue weighted by Crippen LogP contribution is -2.11. The molecule has 3 nitrogen and oxygen atoms in total. The fourth-order valence-electron chi connectivity index (χ4n) is 2.25. The molecule has 2 heterocycles. The number of rotatable bonds is 1. The van der Waals surface area contributed by atoms with Gasteiger partial charge in [0.15, 0.2) is 0 Å². The normalized spacial score (nSPS) is 20.0. The van der Waals surface area contributed by atoms with Crippen LogP contribution in [0.25, 0.3) is 10.9 Å². The van der Waals surface area contributed by atoms with Crippen LogP contribution in [0.3, 0.4) is 0 Å². The molecule has 0 saturated heterocycles. The molecule has 3 rings (SSSR count). The zero-order chi connectivity index (χ0) is 11.8. The van der Waals surface area contributed by atoms with Crippen LogP contribution in [-0.4, -0.2) is 14.8 Å². The van der Waals surface area contributed by atoms with Gasteiger partial charge in [0, 0.05) is 12.3 Å². The molecule has 17 heavy (non-hydrogen) atoms. The summed E-state index contributed by atoms with van der Waals surface area (Å²) in [6.07, 6.45) is 9.49. The second-order valence-electron chi connectivity index (χ2n) is 4.20. The topological polar surface area (TPSA) is 30.7 Å². The predicted molar refractivity (Wildman–Crippen MR) is 72.3 cm³/mol. The molecule has 5 heteroatoms. The molecule has 0 fully saturated rings. The van der Waals surface area contributed by atoms with E-state index in [4.69, 9.17) is 11.6 Å². The maximum atomic E-state index is 5.96. The van der Waals surface area contributed by atoms with E-state index in [1.165, 1.54) is 0 Å². The number of pyridine rings is 1. The van der Waals surface area contributed by atoms with Crippen molar-refractivity contribution < 1.29 is 0 Å². The van der Waals surface area contributed by atoms with Crippen molar-refractivity contribution in [2.75, 3.05) is 0 Å². The fraction of sp³-hybridized carbons (Fsp3) is 0.333. The van der Waals surface area contributed by atoms with Crippen molar-refractivity contribution in [2.45, 2.75) is 25.3 Å². The third kappa shape index (κ3) is 2.00. The molecular formula is C12H11BrClN3. The van der Waals surface area contributed by atoms with Crippen molar-refractivity contribution >= 4 is 38.4 Å². The Labute approximate surface area is 113 Å². The van der Waals surface area contributed by atoms with Gasteiger partial charge in [-0.25, -0.2) is 4.98 Å². The summed E-state index contributed by atoms with van der Waals surface area (Å²) in [5.41, 5.74) is 1.05. The predicted octanol–water partition coefficient (Wildman–Crippen LogP) is 4.13. The van der Waals surface area contributed by atoms with Gasteiger partial charge in [0.05, 0.1) is 16.9 Å². The van der Waals surface area contributed by atoms with E-state index in [-0.39, 0.29) is 0 Å². The minimum Gasteiger partial charge on any atom is -0.260 e. The summed E-state index contributed by atoms with van der Waals surface area (Å²) in [5, 5.41) is 6.08. The van der Waals surface area contributed by atoms with Gasteiger partial charge in [-0.3, -0.25) is 4.68 Å². The summed E-state index contributed by atoms with van der Waals surface area (Å²) >= 11 is 9.43. The molecule has 0 aromatic carbocycles. The average Bonchev–Trinajstić information content (AvgIpc) is 2.67. The molecule has 0 N–H and O–H groups in total. The van der Waals surface area contributed by atoms with Crippen LogP contribution in [0.1, 0.15) is 25.3 Å². The highest BCUT2D eigenvalue weighted by Gasteiger charge is 2.18. The summed E-state index contributed by atoms with van der Waals surface area (Å²) in [5.74, 6) is 0. The molecule has 1 atom stereocenters. The highest BCUT2D eigenvalue weighted by molar-refractivity contribution is 9.10. The Morgan fingerprint density at radius 1 is 1.41 bits per heavy atom. The van der Waals surface area contributed by atoms with Crippen LogP contribution in [0.15, 0.2) is 29.0 Å². The molecular weight excluding hydrogens is 302 g/mol. The Bertz CT molecular complexity index is 591. The minimum absolute atomic E-state index is 0.423. The molecule has 88 valence electrons. The van der Waals surface area contributed by atoms with Gasteiger partial charge in [-0.1, -0.05) is 23.8 Å². The number of aromatic nitrogens is 3. The first-order valence-electron chi connectivity index (χ1n) is 5.60. The van der Waals surface area contributed by atoms with Gasteiger partial charge in [0.1, 0.15) is 9.76 Å². The molecule has 2 aromatic heterocycles. The number of hydrogen-bond donors (Lipinski definition) is 0. The molecule has 1 aliphatic rings. The highest BCUT2D eigenvalue weighted by Crippen LogP contribution is 2.31. The van der Waals surface area contributed by atoms with E-state index in [0.29, 0.717) is 11.2 Å². The van der Waals surface area contributed by atoms with Crippen LogP contribution >= 0.6 is 27.5 Å². The second-order valence-corrected chi connectivity index (χ2v) is 5.34. The smallest absolute Gasteiger partial charge is 0.137 e. The standard InChI is InChI=1S/C12H11BrClN3/c13-12-9-7-15-11(14)6-10(9)17(16-12)8-4-2-1-3-5-8/h1-2,6-8H,3-5H2.